The van der Waals surface area contributed by atoms with Gasteiger partial charge in [-0.2, -0.15) is 0 Å². The molecule has 0 N–H and O–H groups in total. The van der Waals surface area contributed by atoms with Gasteiger partial charge in [0.05, 0.1) is 33.8 Å². The van der Waals surface area contributed by atoms with Crippen molar-refractivity contribution in [1.82, 2.24) is 4.57 Å². The predicted octanol–water partition coefficient (Wildman–Crippen LogP) is 11.9. The lowest BCUT2D eigenvalue weighted by atomic mass is 9.89. The summed E-state index contributed by atoms with van der Waals surface area (Å²) in [6.45, 7) is 13.7. The molecule has 1 aromatic heterocycles. The Morgan fingerprint density at radius 2 is 1.30 bits per heavy atom. The molecule has 0 saturated carbocycles. The summed E-state index contributed by atoms with van der Waals surface area (Å²) < 4.78 is 2.57. The molecule has 3 nitrogen and oxygen atoms in total. The maximum absolute atomic E-state index is 2.65. The van der Waals surface area contributed by atoms with Gasteiger partial charge in [-0.3, -0.25) is 0 Å². The summed E-state index contributed by atoms with van der Waals surface area (Å²) in [5.41, 5.74) is 20.5. The molecule has 2 aliphatic heterocycles. The fraction of sp³-hybridized carbons (Fsp3) is 0.182. The number of nitrogens with zero attached hydrogens (tertiary/aromatic N) is 3. The minimum Gasteiger partial charge on any atom is -0.318 e. The highest BCUT2D eigenvalue weighted by molar-refractivity contribution is 6.17. The van der Waals surface area contributed by atoms with E-state index in [1.165, 1.54) is 100 Å². The zero-order chi connectivity index (χ0) is 32.1. The molecule has 0 bridgehead atoms. The van der Waals surface area contributed by atoms with Gasteiger partial charge < -0.3 is 14.4 Å². The van der Waals surface area contributed by atoms with E-state index in [0.717, 1.165) is 6.42 Å². The van der Waals surface area contributed by atoms with Gasteiger partial charge in [-0.15, -0.1) is 0 Å². The first-order valence-electron chi connectivity index (χ1n) is 16.9. The van der Waals surface area contributed by atoms with Crippen LogP contribution < -0.4 is 9.80 Å². The Kier molecular flexibility index (Phi) is 6.02. The highest BCUT2D eigenvalue weighted by Crippen LogP contribution is 2.57. The minimum absolute atomic E-state index is 0.0398. The van der Waals surface area contributed by atoms with Gasteiger partial charge in [0, 0.05) is 27.6 Å². The Balaban J connectivity index is 1.52. The first-order valence-corrected chi connectivity index (χ1v) is 16.9. The van der Waals surface area contributed by atoms with E-state index >= 15 is 0 Å². The largest absolute Gasteiger partial charge is 0.318 e. The van der Waals surface area contributed by atoms with E-state index in [1.54, 1.807) is 0 Å². The molecule has 0 unspecified atom stereocenters. The van der Waals surface area contributed by atoms with Crippen LogP contribution in [-0.4, -0.2) is 10.7 Å². The van der Waals surface area contributed by atoms with E-state index in [2.05, 4.69) is 165 Å². The predicted molar refractivity (Wildman–Crippen MR) is 200 cm³/mol. The van der Waals surface area contributed by atoms with E-state index in [1.807, 2.05) is 0 Å². The fourth-order valence-corrected chi connectivity index (χ4v) is 8.63. The van der Waals surface area contributed by atoms with Crippen molar-refractivity contribution in [2.75, 3.05) is 9.80 Å². The maximum atomic E-state index is 2.65. The van der Waals surface area contributed by atoms with E-state index in [4.69, 9.17) is 0 Å². The van der Waals surface area contributed by atoms with Gasteiger partial charge in [0.2, 0.25) is 0 Å². The summed E-state index contributed by atoms with van der Waals surface area (Å²) in [5, 5.41) is 2.59. The fourth-order valence-electron chi connectivity index (χ4n) is 8.63. The number of aryl methyl sites for hydroxylation is 4. The van der Waals surface area contributed by atoms with Gasteiger partial charge in [0.15, 0.2) is 0 Å². The maximum Gasteiger partial charge on any atom is 0.108 e. The Labute approximate surface area is 277 Å². The summed E-state index contributed by atoms with van der Waals surface area (Å²) in [4.78, 5) is 5.24. The van der Waals surface area contributed by atoms with Gasteiger partial charge in [0.1, 0.15) is 6.17 Å². The molecular formula is C44H39N3. The van der Waals surface area contributed by atoms with E-state index in [-0.39, 0.29) is 6.17 Å². The Morgan fingerprint density at radius 1 is 0.574 bits per heavy atom. The molecule has 6 aromatic carbocycles. The van der Waals surface area contributed by atoms with Crippen LogP contribution >= 0.6 is 0 Å². The van der Waals surface area contributed by atoms with Crippen LogP contribution in [0.15, 0.2) is 109 Å². The van der Waals surface area contributed by atoms with E-state index < -0.39 is 0 Å². The zero-order valence-electron chi connectivity index (χ0n) is 28.0. The van der Waals surface area contributed by atoms with Crippen molar-refractivity contribution in [3.05, 3.63) is 137 Å². The first kappa shape index (κ1) is 28.0. The van der Waals surface area contributed by atoms with Crippen molar-refractivity contribution in [2.45, 2.75) is 54.1 Å². The third kappa shape index (κ3) is 3.74. The monoisotopic (exact) mass is 609 g/mol. The van der Waals surface area contributed by atoms with Crippen LogP contribution in [0.25, 0.3) is 49.7 Å². The van der Waals surface area contributed by atoms with Crippen LogP contribution in [0.5, 0.6) is 0 Å². The molecule has 3 heterocycles. The van der Waals surface area contributed by atoms with Crippen molar-refractivity contribution in [2.24, 2.45) is 0 Å². The third-order valence-corrected chi connectivity index (χ3v) is 10.8. The molecule has 7 aromatic rings. The summed E-state index contributed by atoms with van der Waals surface area (Å²) >= 11 is 0. The second-order valence-corrected chi connectivity index (χ2v) is 13.5. The van der Waals surface area contributed by atoms with Crippen molar-refractivity contribution < 1.29 is 0 Å². The van der Waals surface area contributed by atoms with Crippen LogP contribution in [-0.2, 0) is 6.42 Å². The van der Waals surface area contributed by atoms with Crippen LogP contribution in [0.3, 0.4) is 0 Å². The first-order chi connectivity index (χ1) is 22.9. The molecule has 1 atom stereocenters. The highest BCUT2D eigenvalue weighted by atomic mass is 15.4. The minimum atomic E-state index is 0.0398. The number of hydrogen-bond donors (Lipinski definition) is 0. The zero-order valence-corrected chi connectivity index (χ0v) is 28.0. The van der Waals surface area contributed by atoms with Crippen LogP contribution in [0.4, 0.5) is 22.7 Å². The van der Waals surface area contributed by atoms with Gasteiger partial charge in [0.25, 0.3) is 0 Å². The second kappa shape index (κ2) is 10.1. The molecule has 0 radical (unpaired) electrons. The SMILES string of the molecule is CCc1cccc(N2c3cccc4c3N(c3c(C)ccc5c6cc(C)ccc6n(c35)-c3cccc(C)c3-c3ccccc3-4)[C@@H]2C)c1C. The number of hydrogen-bond acceptors (Lipinski definition) is 2. The number of aromatic nitrogens is 1. The summed E-state index contributed by atoms with van der Waals surface area (Å²) in [7, 11) is 0. The molecule has 0 aliphatic carbocycles. The molecule has 47 heavy (non-hydrogen) atoms. The molecule has 9 rings (SSSR count). The second-order valence-electron chi connectivity index (χ2n) is 13.5. The van der Waals surface area contributed by atoms with E-state index in [9.17, 15) is 0 Å². The third-order valence-electron chi connectivity index (χ3n) is 10.8. The molecular weight excluding hydrogens is 571 g/mol. The molecule has 0 fully saturated rings. The number of fused-ring (bicyclic) bond motifs is 9. The van der Waals surface area contributed by atoms with Crippen LogP contribution in [0, 0.1) is 27.7 Å². The molecule has 0 amide bonds. The number of benzene rings is 6. The van der Waals surface area contributed by atoms with Crippen molar-refractivity contribution in [3.63, 3.8) is 0 Å². The van der Waals surface area contributed by atoms with Gasteiger partial charge >= 0.3 is 0 Å². The van der Waals surface area contributed by atoms with Crippen molar-refractivity contribution >= 4 is 44.6 Å². The average Bonchev–Trinajstić information content (AvgIpc) is 3.55. The number of para-hydroxylation sites is 1. The molecule has 2 aliphatic rings. The number of anilines is 4. The van der Waals surface area contributed by atoms with Crippen molar-refractivity contribution in [3.8, 4) is 27.9 Å². The summed E-state index contributed by atoms with van der Waals surface area (Å²) in [6, 6.07) is 41.2. The topological polar surface area (TPSA) is 11.4 Å². The Hall–Kier alpha value is -5.28. The molecule has 3 heteroatoms. The lowest BCUT2D eigenvalue weighted by Crippen LogP contribution is -2.36. The quantitative estimate of drug-likeness (QED) is 0.193. The lowest BCUT2D eigenvalue weighted by molar-refractivity contribution is 0.758. The highest BCUT2D eigenvalue weighted by Gasteiger charge is 2.40. The molecule has 230 valence electrons. The Bertz CT molecular complexity index is 2430. The number of rotatable bonds is 2. The summed E-state index contributed by atoms with van der Waals surface area (Å²) in [6.07, 6.45) is 1.06. The summed E-state index contributed by atoms with van der Waals surface area (Å²) in [5.74, 6) is 0. The van der Waals surface area contributed by atoms with Gasteiger partial charge in [-0.05, 0) is 105 Å². The average molecular weight is 610 g/mol. The van der Waals surface area contributed by atoms with E-state index in [0.29, 0.717) is 0 Å². The molecule has 0 spiro atoms. The normalized spacial score (nSPS) is 14.8. The van der Waals surface area contributed by atoms with Gasteiger partial charge in [-0.1, -0.05) is 91.3 Å². The molecule has 0 saturated heterocycles. The Morgan fingerprint density at radius 3 is 2.13 bits per heavy atom. The smallest absolute Gasteiger partial charge is 0.108 e. The lowest BCUT2D eigenvalue weighted by Gasteiger charge is -2.34. The van der Waals surface area contributed by atoms with Crippen LogP contribution in [0.1, 0.15) is 41.7 Å². The van der Waals surface area contributed by atoms with Crippen molar-refractivity contribution in [1.29, 1.82) is 0 Å². The van der Waals surface area contributed by atoms with Crippen LogP contribution in [0.2, 0.25) is 0 Å². The standard InChI is InChI=1S/C44H39N3/c1-7-31-14-11-18-37(29(31)5)45-30(6)46-42-28(4)22-23-35-36-25-26(2)21-24-38(36)47(44(35)42)39-19-10-13-27(3)41(39)33-16-9-8-15-32(33)34-17-12-20-40(45)43(34)46/h8-25,30H,7H2,1-6H3/t30-/m1/s1. The van der Waals surface area contributed by atoms with Gasteiger partial charge in [-0.25, -0.2) is 0 Å².